The summed E-state index contributed by atoms with van der Waals surface area (Å²) < 4.78 is 0. The van der Waals surface area contributed by atoms with E-state index in [4.69, 9.17) is 0 Å². The molecule has 0 aromatic carbocycles. The number of hydrogen-bond acceptors (Lipinski definition) is 3. The average Bonchev–Trinajstić information content (AvgIpc) is 2.84. The zero-order chi connectivity index (χ0) is 12.3. The lowest BCUT2D eigenvalue weighted by Crippen LogP contribution is -2.57. The maximum Gasteiger partial charge on any atom is 0.0514 e. The van der Waals surface area contributed by atoms with Gasteiger partial charge in [0.1, 0.15) is 0 Å². The zero-order valence-corrected chi connectivity index (χ0v) is 11.1. The minimum absolute atomic E-state index is 0.124. The van der Waals surface area contributed by atoms with Gasteiger partial charge < -0.3 is 15.6 Å². The fourth-order valence-corrected chi connectivity index (χ4v) is 2.87. The molecule has 0 aliphatic carbocycles. The fraction of sp³-hybridized carbons (Fsp3) is 0.692. The van der Waals surface area contributed by atoms with Crippen LogP contribution in [0.1, 0.15) is 25.5 Å². The van der Waals surface area contributed by atoms with Crippen molar-refractivity contribution in [1.29, 1.82) is 0 Å². The van der Waals surface area contributed by atoms with Gasteiger partial charge in [-0.2, -0.15) is 0 Å². The van der Waals surface area contributed by atoms with Gasteiger partial charge in [-0.15, -0.1) is 0 Å². The molecule has 3 N–H and O–H groups in total. The lowest BCUT2D eigenvalue weighted by atomic mass is 9.87. The minimum Gasteiger partial charge on any atom is -0.367 e. The van der Waals surface area contributed by atoms with E-state index in [1.807, 2.05) is 13.2 Å². The van der Waals surface area contributed by atoms with Crippen molar-refractivity contribution in [3.63, 3.8) is 0 Å². The van der Waals surface area contributed by atoms with E-state index in [1.54, 1.807) is 0 Å². The Labute approximate surface area is 104 Å². The van der Waals surface area contributed by atoms with Crippen LogP contribution in [-0.2, 0) is 0 Å². The first-order valence-corrected chi connectivity index (χ1v) is 6.42. The van der Waals surface area contributed by atoms with Crippen molar-refractivity contribution >= 4 is 0 Å². The van der Waals surface area contributed by atoms with Gasteiger partial charge in [-0.25, -0.2) is 0 Å². The summed E-state index contributed by atoms with van der Waals surface area (Å²) in [5, 5.41) is 6.87. The molecule has 4 nitrogen and oxygen atoms in total. The Hall–Kier alpha value is -0.840. The van der Waals surface area contributed by atoms with E-state index in [0.717, 1.165) is 26.2 Å². The highest BCUT2D eigenvalue weighted by Crippen LogP contribution is 2.30. The Kier molecular flexibility index (Phi) is 3.86. The van der Waals surface area contributed by atoms with Crippen molar-refractivity contribution in [2.24, 2.45) is 0 Å². The second-order valence-corrected chi connectivity index (χ2v) is 5.26. The number of H-pyrrole nitrogens is 1. The van der Waals surface area contributed by atoms with E-state index < -0.39 is 0 Å². The van der Waals surface area contributed by atoms with Gasteiger partial charge in [-0.3, -0.25) is 4.90 Å². The van der Waals surface area contributed by atoms with Crippen molar-refractivity contribution in [2.75, 3.05) is 33.2 Å². The van der Waals surface area contributed by atoms with E-state index in [1.165, 1.54) is 5.56 Å². The number of likely N-dealkylation sites (N-methyl/N-ethyl adjacent to an activating group) is 1. The number of aromatic amines is 1. The molecular weight excluding hydrogens is 212 g/mol. The van der Waals surface area contributed by atoms with E-state index in [9.17, 15) is 0 Å². The molecule has 2 rings (SSSR count). The molecule has 1 aliphatic rings. The second kappa shape index (κ2) is 5.21. The van der Waals surface area contributed by atoms with Gasteiger partial charge in [0.15, 0.2) is 0 Å². The number of nitrogens with zero attached hydrogens (tertiary/aromatic N) is 1. The molecule has 1 aliphatic heterocycles. The highest BCUT2D eigenvalue weighted by molar-refractivity contribution is 5.19. The molecule has 1 aromatic rings. The van der Waals surface area contributed by atoms with E-state index in [-0.39, 0.29) is 5.54 Å². The standard InChI is InChI=1S/C13H24N4/c1-13(2,17-8-6-15-7-9-17)12(14-3)11-4-5-16-10-11/h4-5,10,12,14-16H,6-9H2,1-3H3. The number of aromatic nitrogens is 1. The van der Waals surface area contributed by atoms with Crippen LogP contribution in [0.3, 0.4) is 0 Å². The number of piperazine rings is 1. The molecule has 0 spiro atoms. The highest BCUT2D eigenvalue weighted by atomic mass is 15.3. The predicted octanol–water partition coefficient (Wildman–Crippen LogP) is 0.959. The van der Waals surface area contributed by atoms with E-state index >= 15 is 0 Å². The van der Waals surface area contributed by atoms with Crippen LogP contribution in [0.5, 0.6) is 0 Å². The van der Waals surface area contributed by atoms with Crippen LogP contribution in [0.15, 0.2) is 18.5 Å². The fourth-order valence-electron chi connectivity index (χ4n) is 2.87. The lowest BCUT2D eigenvalue weighted by molar-refractivity contribution is 0.0700. The molecule has 96 valence electrons. The van der Waals surface area contributed by atoms with Crippen molar-refractivity contribution in [1.82, 2.24) is 20.5 Å². The molecule has 0 bridgehead atoms. The summed E-state index contributed by atoms with van der Waals surface area (Å²) in [6.45, 7) is 9.07. The van der Waals surface area contributed by atoms with Crippen molar-refractivity contribution in [3.8, 4) is 0 Å². The van der Waals surface area contributed by atoms with Gasteiger partial charge in [-0.05, 0) is 32.5 Å². The molecule has 1 saturated heterocycles. The van der Waals surface area contributed by atoms with Gasteiger partial charge in [0, 0.05) is 44.1 Å². The molecule has 2 heterocycles. The topological polar surface area (TPSA) is 43.1 Å². The van der Waals surface area contributed by atoms with Crippen LogP contribution in [-0.4, -0.2) is 48.6 Å². The third-order valence-corrected chi connectivity index (χ3v) is 3.88. The molecule has 1 atom stereocenters. The Morgan fingerprint density at radius 2 is 2.06 bits per heavy atom. The van der Waals surface area contributed by atoms with Gasteiger partial charge in [0.25, 0.3) is 0 Å². The monoisotopic (exact) mass is 236 g/mol. The SMILES string of the molecule is CNC(c1cc[nH]c1)C(C)(C)N1CCNCC1. The largest absolute Gasteiger partial charge is 0.367 e. The molecular formula is C13H24N4. The van der Waals surface area contributed by atoms with Crippen LogP contribution in [0.2, 0.25) is 0 Å². The molecule has 1 fully saturated rings. The normalized spacial score (nSPS) is 20.4. The van der Waals surface area contributed by atoms with Gasteiger partial charge in [0.05, 0.1) is 6.04 Å². The van der Waals surface area contributed by atoms with Crippen LogP contribution >= 0.6 is 0 Å². The van der Waals surface area contributed by atoms with Crippen LogP contribution in [0.4, 0.5) is 0 Å². The van der Waals surface area contributed by atoms with Gasteiger partial charge in [0.2, 0.25) is 0 Å². The summed E-state index contributed by atoms with van der Waals surface area (Å²) in [4.78, 5) is 5.72. The van der Waals surface area contributed by atoms with Crippen molar-refractivity contribution in [3.05, 3.63) is 24.0 Å². The number of hydrogen-bond donors (Lipinski definition) is 3. The van der Waals surface area contributed by atoms with Crippen molar-refractivity contribution < 1.29 is 0 Å². The van der Waals surface area contributed by atoms with Gasteiger partial charge >= 0.3 is 0 Å². The van der Waals surface area contributed by atoms with E-state index in [0.29, 0.717) is 6.04 Å². The molecule has 1 unspecified atom stereocenters. The summed E-state index contributed by atoms with van der Waals surface area (Å²) in [7, 11) is 2.04. The molecule has 0 radical (unpaired) electrons. The number of nitrogens with one attached hydrogen (secondary N) is 3. The quantitative estimate of drug-likeness (QED) is 0.729. The Bertz CT molecular complexity index is 325. The lowest BCUT2D eigenvalue weighted by Gasteiger charge is -2.46. The first kappa shape index (κ1) is 12.6. The molecule has 4 heteroatoms. The highest BCUT2D eigenvalue weighted by Gasteiger charge is 2.36. The zero-order valence-electron chi connectivity index (χ0n) is 11.1. The first-order chi connectivity index (χ1) is 8.16. The van der Waals surface area contributed by atoms with Crippen molar-refractivity contribution in [2.45, 2.75) is 25.4 Å². The summed E-state index contributed by atoms with van der Waals surface area (Å²) in [5.74, 6) is 0. The van der Waals surface area contributed by atoms with Gasteiger partial charge in [-0.1, -0.05) is 0 Å². The Balaban J connectivity index is 2.16. The Morgan fingerprint density at radius 1 is 1.35 bits per heavy atom. The van der Waals surface area contributed by atoms with Crippen LogP contribution in [0, 0.1) is 0 Å². The smallest absolute Gasteiger partial charge is 0.0514 e. The molecule has 0 saturated carbocycles. The molecule has 1 aromatic heterocycles. The summed E-state index contributed by atoms with van der Waals surface area (Å²) in [5.41, 5.74) is 1.45. The predicted molar refractivity (Wildman–Crippen MR) is 71.1 cm³/mol. The second-order valence-electron chi connectivity index (χ2n) is 5.26. The van der Waals surface area contributed by atoms with E-state index in [2.05, 4.69) is 46.6 Å². The Morgan fingerprint density at radius 3 is 2.59 bits per heavy atom. The average molecular weight is 236 g/mol. The van der Waals surface area contributed by atoms with Crippen LogP contribution in [0.25, 0.3) is 0 Å². The maximum absolute atomic E-state index is 3.46. The first-order valence-electron chi connectivity index (χ1n) is 6.42. The number of rotatable bonds is 4. The third-order valence-electron chi connectivity index (χ3n) is 3.88. The molecule has 17 heavy (non-hydrogen) atoms. The summed E-state index contributed by atoms with van der Waals surface area (Å²) in [6.07, 6.45) is 4.08. The third kappa shape index (κ3) is 2.54. The summed E-state index contributed by atoms with van der Waals surface area (Å²) >= 11 is 0. The maximum atomic E-state index is 3.46. The summed E-state index contributed by atoms with van der Waals surface area (Å²) in [6, 6.07) is 2.51. The molecule has 0 amide bonds. The minimum atomic E-state index is 0.124. The van der Waals surface area contributed by atoms with Crippen LogP contribution < -0.4 is 10.6 Å².